The number of rotatable bonds is 4. The summed E-state index contributed by atoms with van der Waals surface area (Å²) in [6.45, 7) is 0.253. The standard InChI is InChI=1S/C17H14O3S/c1-21-14-6-4-13(5-7-14)15(18)8-2-12-3-9-16-17(10-12)20-11-19-16/h2-10H,11H2,1H3. The Hall–Kier alpha value is -2.20. The molecule has 0 bridgehead atoms. The van der Waals surface area contributed by atoms with E-state index in [1.807, 2.05) is 48.7 Å². The molecule has 0 atom stereocenters. The number of hydrogen-bond donors (Lipinski definition) is 0. The average Bonchev–Trinajstić information content (AvgIpc) is 3.00. The molecule has 0 saturated carbocycles. The number of ketones is 1. The lowest BCUT2D eigenvalue weighted by Gasteiger charge is -1.99. The van der Waals surface area contributed by atoms with Gasteiger partial charge in [-0.15, -0.1) is 11.8 Å². The van der Waals surface area contributed by atoms with Crippen molar-refractivity contribution in [1.82, 2.24) is 0 Å². The number of thioether (sulfide) groups is 1. The Balaban J connectivity index is 1.74. The molecular weight excluding hydrogens is 284 g/mol. The predicted molar refractivity (Wildman–Crippen MR) is 84.2 cm³/mol. The van der Waals surface area contributed by atoms with Crippen LogP contribution in [-0.2, 0) is 0 Å². The Morgan fingerprint density at radius 3 is 2.62 bits per heavy atom. The van der Waals surface area contributed by atoms with Crippen LogP contribution in [0.25, 0.3) is 6.08 Å². The van der Waals surface area contributed by atoms with Gasteiger partial charge in [-0.2, -0.15) is 0 Å². The van der Waals surface area contributed by atoms with Gasteiger partial charge in [0.25, 0.3) is 0 Å². The maximum atomic E-state index is 12.1. The number of fused-ring (bicyclic) bond motifs is 1. The van der Waals surface area contributed by atoms with E-state index in [0.717, 1.165) is 16.2 Å². The van der Waals surface area contributed by atoms with E-state index in [2.05, 4.69) is 0 Å². The highest BCUT2D eigenvalue weighted by Crippen LogP contribution is 2.32. The van der Waals surface area contributed by atoms with E-state index in [1.54, 1.807) is 23.9 Å². The molecule has 3 nitrogen and oxygen atoms in total. The lowest BCUT2D eigenvalue weighted by atomic mass is 10.1. The molecular formula is C17H14O3S. The quantitative estimate of drug-likeness (QED) is 0.485. The largest absolute Gasteiger partial charge is 0.454 e. The zero-order chi connectivity index (χ0) is 14.7. The summed E-state index contributed by atoms with van der Waals surface area (Å²) < 4.78 is 10.6. The molecule has 2 aromatic rings. The van der Waals surface area contributed by atoms with Gasteiger partial charge in [-0.25, -0.2) is 0 Å². The van der Waals surface area contributed by atoms with E-state index < -0.39 is 0 Å². The third kappa shape index (κ3) is 3.11. The molecule has 0 unspecified atom stereocenters. The first-order valence-corrected chi connectivity index (χ1v) is 7.75. The normalized spacial score (nSPS) is 12.8. The Morgan fingerprint density at radius 2 is 1.86 bits per heavy atom. The van der Waals surface area contributed by atoms with Crippen molar-refractivity contribution < 1.29 is 14.3 Å². The van der Waals surface area contributed by atoms with E-state index in [9.17, 15) is 4.79 Å². The third-order valence-corrected chi connectivity index (χ3v) is 3.94. The molecule has 0 amide bonds. The van der Waals surface area contributed by atoms with E-state index >= 15 is 0 Å². The van der Waals surface area contributed by atoms with Gasteiger partial charge in [0.15, 0.2) is 17.3 Å². The fourth-order valence-corrected chi connectivity index (χ4v) is 2.45. The lowest BCUT2D eigenvalue weighted by molar-refractivity contribution is 0.104. The molecule has 0 spiro atoms. The van der Waals surface area contributed by atoms with Crippen LogP contribution in [0, 0.1) is 0 Å². The second-order valence-corrected chi connectivity index (χ2v) is 5.42. The molecule has 21 heavy (non-hydrogen) atoms. The van der Waals surface area contributed by atoms with Crippen LogP contribution in [0.1, 0.15) is 15.9 Å². The Bertz CT molecular complexity index is 690. The van der Waals surface area contributed by atoms with Crippen molar-refractivity contribution in [2.45, 2.75) is 4.90 Å². The highest BCUT2D eigenvalue weighted by atomic mass is 32.2. The zero-order valence-corrected chi connectivity index (χ0v) is 12.4. The fourth-order valence-electron chi connectivity index (χ4n) is 2.04. The molecule has 1 heterocycles. The third-order valence-electron chi connectivity index (χ3n) is 3.20. The molecule has 0 aromatic heterocycles. The van der Waals surface area contributed by atoms with Crippen LogP contribution < -0.4 is 9.47 Å². The number of allylic oxidation sites excluding steroid dienone is 1. The van der Waals surface area contributed by atoms with Crippen LogP contribution in [0.2, 0.25) is 0 Å². The number of benzene rings is 2. The molecule has 0 aliphatic carbocycles. The second-order valence-electron chi connectivity index (χ2n) is 4.54. The molecule has 3 rings (SSSR count). The van der Waals surface area contributed by atoms with Crippen LogP contribution in [0.4, 0.5) is 0 Å². The first-order valence-electron chi connectivity index (χ1n) is 6.52. The first-order chi connectivity index (χ1) is 10.3. The summed E-state index contributed by atoms with van der Waals surface area (Å²) in [6, 6.07) is 13.2. The molecule has 2 aromatic carbocycles. The van der Waals surface area contributed by atoms with Crippen molar-refractivity contribution in [3.8, 4) is 11.5 Å². The summed E-state index contributed by atoms with van der Waals surface area (Å²) in [5.74, 6) is 1.44. The molecule has 1 aliphatic heterocycles. The maximum absolute atomic E-state index is 12.1. The summed E-state index contributed by atoms with van der Waals surface area (Å²) in [7, 11) is 0. The molecule has 1 aliphatic rings. The van der Waals surface area contributed by atoms with Crippen molar-refractivity contribution >= 4 is 23.6 Å². The second kappa shape index (κ2) is 6.06. The first kappa shape index (κ1) is 13.8. The van der Waals surface area contributed by atoms with Gasteiger partial charge in [-0.05, 0) is 54.3 Å². The SMILES string of the molecule is CSc1ccc(C(=O)C=Cc2ccc3c(c2)OCO3)cc1. The molecule has 4 heteroatoms. The number of hydrogen-bond acceptors (Lipinski definition) is 4. The van der Waals surface area contributed by atoms with Crippen molar-refractivity contribution in [2.75, 3.05) is 13.0 Å². The monoisotopic (exact) mass is 298 g/mol. The molecule has 0 N–H and O–H groups in total. The van der Waals surface area contributed by atoms with Gasteiger partial charge in [-0.1, -0.05) is 12.1 Å². The molecule has 0 radical (unpaired) electrons. The number of carbonyl (C=O) groups excluding carboxylic acids is 1. The van der Waals surface area contributed by atoms with E-state index in [-0.39, 0.29) is 12.6 Å². The van der Waals surface area contributed by atoms with E-state index in [1.165, 1.54) is 0 Å². The summed E-state index contributed by atoms with van der Waals surface area (Å²) >= 11 is 1.66. The van der Waals surface area contributed by atoms with Crippen molar-refractivity contribution in [1.29, 1.82) is 0 Å². The Morgan fingerprint density at radius 1 is 1.10 bits per heavy atom. The van der Waals surface area contributed by atoms with Gasteiger partial charge < -0.3 is 9.47 Å². The van der Waals surface area contributed by atoms with Crippen LogP contribution >= 0.6 is 11.8 Å². The van der Waals surface area contributed by atoms with Gasteiger partial charge in [0.05, 0.1) is 0 Å². The summed E-state index contributed by atoms with van der Waals surface area (Å²) in [5.41, 5.74) is 1.60. The molecule has 106 valence electrons. The van der Waals surface area contributed by atoms with Crippen molar-refractivity contribution in [2.24, 2.45) is 0 Å². The minimum Gasteiger partial charge on any atom is -0.454 e. The van der Waals surface area contributed by atoms with Crippen molar-refractivity contribution in [3.63, 3.8) is 0 Å². The van der Waals surface area contributed by atoms with Crippen molar-refractivity contribution in [3.05, 3.63) is 59.7 Å². The van der Waals surface area contributed by atoms with Crippen LogP contribution in [0.15, 0.2) is 53.4 Å². The minimum atomic E-state index is -0.0136. The van der Waals surface area contributed by atoms with Crippen LogP contribution in [-0.4, -0.2) is 18.8 Å². The van der Waals surface area contributed by atoms with Gasteiger partial charge in [0, 0.05) is 10.5 Å². The molecule has 0 saturated heterocycles. The van der Waals surface area contributed by atoms with Gasteiger partial charge >= 0.3 is 0 Å². The summed E-state index contributed by atoms with van der Waals surface area (Å²) in [4.78, 5) is 13.2. The summed E-state index contributed by atoms with van der Waals surface area (Å²) in [5, 5.41) is 0. The minimum absolute atomic E-state index is 0.0136. The van der Waals surface area contributed by atoms with E-state index in [4.69, 9.17) is 9.47 Å². The highest BCUT2D eigenvalue weighted by Gasteiger charge is 2.12. The highest BCUT2D eigenvalue weighted by molar-refractivity contribution is 7.98. The smallest absolute Gasteiger partial charge is 0.231 e. The van der Waals surface area contributed by atoms with Gasteiger partial charge in [0.1, 0.15) is 0 Å². The molecule has 0 fully saturated rings. The van der Waals surface area contributed by atoms with Gasteiger partial charge in [-0.3, -0.25) is 4.79 Å². The lowest BCUT2D eigenvalue weighted by Crippen LogP contribution is -1.93. The predicted octanol–water partition coefficient (Wildman–Crippen LogP) is 4.03. The number of ether oxygens (including phenoxy) is 2. The maximum Gasteiger partial charge on any atom is 0.231 e. The zero-order valence-electron chi connectivity index (χ0n) is 11.5. The summed E-state index contributed by atoms with van der Waals surface area (Å²) in [6.07, 6.45) is 5.37. The van der Waals surface area contributed by atoms with Gasteiger partial charge in [0.2, 0.25) is 6.79 Å². The van der Waals surface area contributed by atoms with Crippen LogP contribution in [0.3, 0.4) is 0 Å². The number of carbonyl (C=O) groups is 1. The van der Waals surface area contributed by atoms with Crippen LogP contribution in [0.5, 0.6) is 11.5 Å². The topological polar surface area (TPSA) is 35.5 Å². The fraction of sp³-hybridized carbons (Fsp3) is 0.118. The average molecular weight is 298 g/mol. The Labute approximate surface area is 127 Å². The Kier molecular flexibility index (Phi) is 3.97. The van der Waals surface area contributed by atoms with E-state index in [0.29, 0.717) is 11.3 Å².